The van der Waals surface area contributed by atoms with Crippen LogP contribution in [-0.4, -0.2) is 72.4 Å². The number of anilines is 2. The number of fused-ring (bicyclic) bond motifs is 1. The first-order valence-corrected chi connectivity index (χ1v) is 13.9. The average molecular weight is 525 g/mol. The fourth-order valence-corrected chi connectivity index (χ4v) is 5.67. The summed E-state index contributed by atoms with van der Waals surface area (Å²) >= 11 is 0. The number of amides is 1. The molecule has 2 aromatic heterocycles. The number of nitrogens with one attached hydrogen (secondary N) is 2. The van der Waals surface area contributed by atoms with E-state index in [-0.39, 0.29) is 5.91 Å². The highest BCUT2D eigenvalue weighted by Gasteiger charge is 2.22. The Hall–Kier alpha value is -3.75. The molecule has 39 heavy (non-hydrogen) atoms. The SMILES string of the molecule is CN1CCN(c2ccc(C(=O)Nc3n[nH]c4ccc(Cc5cccnc5)cc34)c(CC3CCOCC3)c2)CC1. The summed E-state index contributed by atoms with van der Waals surface area (Å²) in [6.07, 6.45) is 7.38. The fraction of sp³-hybridized carbons (Fsp3) is 0.387. The number of aromatic nitrogens is 3. The topological polar surface area (TPSA) is 86.4 Å². The first kappa shape index (κ1) is 25.5. The maximum absolute atomic E-state index is 13.7. The van der Waals surface area contributed by atoms with Crippen molar-refractivity contribution in [1.29, 1.82) is 0 Å². The molecule has 0 radical (unpaired) electrons. The molecule has 8 nitrogen and oxygen atoms in total. The van der Waals surface area contributed by atoms with Gasteiger partial charge in [-0.25, -0.2) is 0 Å². The van der Waals surface area contributed by atoms with Gasteiger partial charge < -0.3 is 19.9 Å². The van der Waals surface area contributed by atoms with Gasteiger partial charge in [-0.2, -0.15) is 5.10 Å². The molecular weight excluding hydrogens is 488 g/mol. The van der Waals surface area contributed by atoms with Crippen molar-refractivity contribution in [2.24, 2.45) is 5.92 Å². The average Bonchev–Trinajstić information content (AvgIpc) is 3.36. The van der Waals surface area contributed by atoms with Crippen molar-refractivity contribution >= 4 is 28.3 Å². The Balaban J connectivity index is 1.25. The second-order valence-electron chi connectivity index (χ2n) is 10.8. The van der Waals surface area contributed by atoms with Crippen molar-refractivity contribution in [1.82, 2.24) is 20.1 Å². The summed E-state index contributed by atoms with van der Waals surface area (Å²) in [6, 6.07) is 16.6. The van der Waals surface area contributed by atoms with Crippen LogP contribution in [0.4, 0.5) is 11.5 Å². The molecule has 0 saturated carbocycles. The summed E-state index contributed by atoms with van der Waals surface area (Å²) in [6.45, 7) is 5.69. The quantitative estimate of drug-likeness (QED) is 0.370. The number of carbonyl (C=O) groups excluding carboxylic acids is 1. The van der Waals surface area contributed by atoms with Gasteiger partial charge in [0.15, 0.2) is 5.82 Å². The van der Waals surface area contributed by atoms with Crippen LogP contribution in [0.15, 0.2) is 60.9 Å². The molecule has 4 heterocycles. The lowest BCUT2D eigenvalue weighted by molar-refractivity contribution is 0.0664. The Kier molecular flexibility index (Phi) is 7.56. The zero-order chi connectivity index (χ0) is 26.6. The number of carbonyl (C=O) groups is 1. The number of H-pyrrole nitrogens is 1. The van der Waals surface area contributed by atoms with E-state index in [4.69, 9.17) is 4.74 Å². The van der Waals surface area contributed by atoms with E-state index in [0.717, 1.165) is 98.2 Å². The molecule has 2 aromatic carbocycles. The number of benzene rings is 2. The van der Waals surface area contributed by atoms with Gasteiger partial charge >= 0.3 is 0 Å². The lowest BCUT2D eigenvalue weighted by atomic mass is 9.89. The monoisotopic (exact) mass is 524 g/mol. The van der Waals surface area contributed by atoms with Gasteiger partial charge in [-0.15, -0.1) is 0 Å². The van der Waals surface area contributed by atoms with Crippen LogP contribution in [0.5, 0.6) is 0 Å². The van der Waals surface area contributed by atoms with Crippen molar-refractivity contribution in [3.63, 3.8) is 0 Å². The number of likely N-dealkylation sites (N-methyl/N-ethyl adjacent to an activating group) is 1. The van der Waals surface area contributed by atoms with Gasteiger partial charge in [-0.3, -0.25) is 14.9 Å². The third kappa shape index (κ3) is 5.97. The highest BCUT2D eigenvalue weighted by Crippen LogP contribution is 2.29. The van der Waals surface area contributed by atoms with E-state index < -0.39 is 0 Å². The smallest absolute Gasteiger partial charge is 0.257 e. The van der Waals surface area contributed by atoms with Crippen molar-refractivity contribution in [3.8, 4) is 0 Å². The van der Waals surface area contributed by atoms with Gasteiger partial charge in [0, 0.05) is 68.4 Å². The molecule has 2 aliphatic rings. The molecule has 0 unspecified atom stereocenters. The molecule has 4 aromatic rings. The van der Waals surface area contributed by atoms with Crippen molar-refractivity contribution in [2.45, 2.75) is 25.7 Å². The van der Waals surface area contributed by atoms with Gasteiger partial charge in [0.1, 0.15) is 0 Å². The molecule has 0 atom stereocenters. The van der Waals surface area contributed by atoms with Gasteiger partial charge in [0.2, 0.25) is 0 Å². The summed E-state index contributed by atoms with van der Waals surface area (Å²) in [5.41, 5.74) is 6.21. The van der Waals surface area contributed by atoms with Gasteiger partial charge in [0.25, 0.3) is 5.91 Å². The number of ether oxygens (including phenoxy) is 1. The van der Waals surface area contributed by atoms with E-state index >= 15 is 0 Å². The second kappa shape index (κ2) is 11.6. The number of aromatic amines is 1. The molecule has 1 amide bonds. The number of hydrogen-bond donors (Lipinski definition) is 2. The Bertz CT molecular complexity index is 1420. The lowest BCUT2D eigenvalue weighted by Crippen LogP contribution is -2.44. The first-order valence-electron chi connectivity index (χ1n) is 13.9. The zero-order valence-corrected chi connectivity index (χ0v) is 22.5. The molecule has 0 bridgehead atoms. The number of nitrogens with zero attached hydrogens (tertiary/aromatic N) is 4. The summed E-state index contributed by atoms with van der Waals surface area (Å²) in [5.74, 6) is 0.963. The van der Waals surface area contributed by atoms with Crippen molar-refractivity contribution < 1.29 is 9.53 Å². The van der Waals surface area contributed by atoms with E-state index in [9.17, 15) is 4.79 Å². The summed E-state index contributed by atoms with van der Waals surface area (Å²) in [5, 5.41) is 11.5. The lowest BCUT2D eigenvalue weighted by Gasteiger charge is -2.34. The van der Waals surface area contributed by atoms with Gasteiger partial charge in [0.05, 0.1) is 5.52 Å². The van der Waals surface area contributed by atoms with Crippen molar-refractivity contribution in [2.75, 3.05) is 56.7 Å². The normalized spacial score (nSPS) is 17.0. The molecule has 6 rings (SSSR count). The van der Waals surface area contributed by atoms with Crippen molar-refractivity contribution in [3.05, 3.63) is 83.2 Å². The standard InChI is InChI=1S/C31H36N6O2/c1-36-11-13-37(14-12-36)26-5-6-27(25(20-26)18-22-8-15-39-16-9-22)31(38)33-30-28-19-23(4-7-29(28)34-35-30)17-24-3-2-10-32-21-24/h2-7,10,19-22H,8-9,11-18H2,1H3,(H2,33,34,35,38). The van der Waals surface area contributed by atoms with Crippen LogP contribution < -0.4 is 10.2 Å². The highest BCUT2D eigenvalue weighted by atomic mass is 16.5. The molecule has 0 spiro atoms. The molecule has 0 aliphatic carbocycles. The van der Waals surface area contributed by atoms with Crippen LogP contribution in [0.2, 0.25) is 0 Å². The maximum Gasteiger partial charge on any atom is 0.257 e. The third-order valence-corrected chi connectivity index (χ3v) is 8.04. The molecule has 2 aliphatic heterocycles. The van der Waals surface area contributed by atoms with Crippen LogP contribution >= 0.6 is 0 Å². The Morgan fingerprint density at radius 2 is 1.90 bits per heavy atom. The number of pyridine rings is 1. The molecule has 2 fully saturated rings. The zero-order valence-electron chi connectivity index (χ0n) is 22.5. The third-order valence-electron chi connectivity index (χ3n) is 8.04. The second-order valence-corrected chi connectivity index (χ2v) is 10.8. The van der Waals surface area contributed by atoms with Crippen LogP contribution in [0.3, 0.4) is 0 Å². The molecule has 2 saturated heterocycles. The molecule has 8 heteroatoms. The predicted molar refractivity (Wildman–Crippen MR) is 154 cm³/mol. The van der Waals surface area contributed by atoms with Crippen LogP contribution in [0, 0.1) is 5.92 Å². The van der Waals surface area contributed by atoms with Gasteiger partial charge in [-0.1, -0.05) is 12.1 Å². The molecule has 202 valence electrons. The summed E-state index contributed by atoms with van der Waals surface area (Å²) < 4.78 is 5.59. The first-order chi connectivity index (χ1) is 19.1. The predicted octanol–water partition coefficient (Wildman–Crippen LogP) is 4.52. The Labute approximate surface area is 229 Å². The van der Waals surface area contributed by atoms with E-state index in [0.29, 0.717) is 11.7 Å². The van der Waals surface area contributed by atoms with E-state index in [1.54, 1.807) is 6.20 Å². The minimum absolute atomic E-state index is 0.118. The Morgan fingerprint density at radius 3 is 2.69 bits per heavy atom. The van der Waals surface area contributed by atoms with E-state index in [2.05, 4.69) is 67.7 Å². The number of hydrogen-bond acceptors (Lipinski definition) is 6. The highest BCUT2D eigenvalue weighted by molar-refractivity contribution is 6.08. The van der Waals surface area contributed by atoms with Crippen LogP contribution in [0.1, 0.15) is 39.9 Å². The minimum Gasteiger partial charge on any atom is -0.381 e. The molecular formula is C31H36N6O2. The van der Waals surface area contributed by atoms with Gasteiger partial charge in [-0.05, 0) is 91.7 Å². The minimum atomic E-state index is -0.118. The van der Waals surface area contributed by atoms with Crippen LogP contribution in [0.25, 0.3) is 10.9 Å². The maximum atomic E-state index is 13.7. The van der Waals surface area contributed by atoms with E-state index in [1.165, 1.54) is 5.69 Å². The summed E-state index contributed by atoms with van der Waals surface area (Å²) in [4.78, 5) is 22.7. The number of piperazine rings is 1. The Morgan fingerprint density at radius 1 is 1.05 bits per heavy atom. The molecule has 2 N–H and O–H groups in total. The fourth-order valence-electron chi connectivity index (χ4n) is 5.67. The van der Waals surface area contributed by atoms with E-state index in [1.807, 2.05) is 24.4 Å². The summed E-state index contributed by atoms with van der Waals surface area (Å²) in [7, 11) is 2.17. The number of rotatable bonds is 7. The largest absolute Gasteiger partial charge is 0.381 e. The van der Waals surface area contributed by atoms with Crippen LogP contribution in [-0.2, 0) is 17.6 Å².